The number of piperidine rings is 1. The maximum Gasteiger partial charge on any atom is 0.299 e. The van der Waals surface area contributed by atoms with Crippen LogP contribution in [0.1, 0.15) is 18.4 Å². The van der Waals surface area contributed by atoms with E-state index in [2.05, 4.69) is 14.7 Å². The van der Waals surface area contributed by atoms with Crippen molar-refractivity contribution in [2.75, 3.05) is 18.0 Å². The van der Waals surface area contributed by atoms with Gasteiger partial charge in [0.05, 0.1) is 6.04 Å². The molecule has 4 rings (SSSR count). The van der Waals surface area contributed by atoms with Crippen LogP contribution in [0.15, 0.2) is 51.9 Å². The van der Waals surface area contributed by atoms with E-state index in [-0.39, 0.29) is 10.9 Å². The quantitative estimate of drug-likeness (QED) is 0.708. The zero-order valence-electron chi connectivity index (χ0n) is 14.4. The van der Waals surface area contributed by atoms with Gasteiger partial charge in [-0.1, -0.05) is 21.9 Å². The summed E-state index contributed by atoms with van der Waals surface area (Å²) in [6.07, 6.45) is 3.30. The summed E-state index contributed by atoms with van der Waals surface area (Å²) in [5, 5.41) is 0. The molecule has 1 saturated heterocycles. The van der Waals surface area contributed by atoms with Crippen LogP contribution in [-0.4, -0.2) is 33.7 Å². The molecule has 0 amide bonds. The molecule has 0 spiro atoms. The minimum absolute atomic E-state index is 0.196. The van der Waals surface area contributed by atoms with Crippen molar-refractivity contribution >= 4 is 27.6 Å². The number of hydrogen-bond donors (Lipinski definition) is 1. The van der Waals surface area contributed by atoms with Gasteiger partial charge in [-0.05, 0) is 44.0 Å². The molecule has 0 radical (unpaired) electrons. The number of sulfonamides is 1. The van der Waals surface area contributed by atoms with Gasteiger partial charge in [-0.25, -0.2) is 4.98 Å². The fourth-order valence-corrected chi connectivity index (χ4v) is 4.41. The third kappa shape index (κ3) is 3.48. The summed E-state index contributed by atoms with van der Waals surface area (Å²) in [4.78, 5) is 10.8. The molecule has 1 N–H and O–H groups in total. The van der Waals surface area contributed by atoms with Crippen LogP contribution in [0.3, 0.4) is 0 Å². The highest BCUT2D eigenvalue weighted by Gasteiger charge is 2.30. The van der Waals surface area contributed by atoms with Gasteiger partial charge in [0.1, 0.15) is 0 Å². The Morgan fingerprint density at radius 3 is 2.88 bits per heavy atom. The molecule has 1 aromatic carbocycles. The summed E-state index contributed by atoms with van der Waals surface area (Å²) >= 11 is 0. The smallest absolute Gasteiger partial charge is 0.299 e. The molecule has 2 unspecified atom stereocenters. The number of anilines is 1. The van der Waals surface area contributed by atoms with E-state index in [4.69, 9.17) is 4.42 Å². The number of rotatable bonds is 4. The van der Waals surface area contributed by atoms with Crippen LogP contribution < -0.4 is 9.62 Å². The Hall–Kier alpha value is -2.29. The highest BCUT2D eigenvalue weighted by molar-refractivity contribution is 7.95. The highest BCUT2D eigenvalue weighted by atomic mass is 32.3. The van der Waals surface area contributed by atoms with Gasteiger partial charge < -0.3 is 13.9 Å². The van der Waals surface area contributed by atoms with Crippen LogP contribution >= 0.6 is 0 Å². The molecule has 2 atom stereocenters. The van der Waals surface area contributed by atoms with Gasteiger partial charge in [-0.3, -0.25) is 0 Å². The number of nitrogens with zero attached hydrogens (tertiary/aromatic N) is 3. The van der Waals surface area contributed by atoms with E-state index in [1.807, 2.05) is 17.9 Å². The summed E-state index contributed by atoms with van der Waals surface area (Å²) in [5.74, 6) is 0. The summed E-state index contributed by atoms with van der Waals surface area (Å²) in [6, 6.07) is 10.8. The summed E-state index contributed by atoms with van der Waals surface area (Å²) in [6.45, 7) is 3.21. The van der Waals surface area contributed by atoms with Gasteiger partial charge in [0.15, 0.2) is 20.9 Å². The van der Waals surface area contributed by atoms with E-state index in [1.54, 1.807) is 36.5 Å². The SMILES string of the molecule is Cc1ccc([S+](=O)([O-])NC2CCCN(c3nc4ncccc4o3)C2)cc1. The van der Waals surface area contributed by atoms with Crippen LogP contribution in [0.2, 0.25) is 0 Å². The third-order valence-corrected chi connectivity index (χ3v) is 6.04. The molecule has 1 aliphatic rings. The van der Waals surface area contributed by atoms with Crippen molar-refractivity contribution < 1.29 is 13.2 Å². The van der Waals surface area contributed by atoms with Crippen molar-refractivity contribution in [1.82, 2.24) is 14.7 Å². The molecule has 3 heterocycles. The second-order valence-electron chi connectivity index (χ2n) is 6.54. The number of aromatic nitrogens is 2. The van der Waals surface area contributed by atoms with Crippen molar-refractivity contribution in [3.8, 4) is 0 Å². The molecule has 7 nitrogen and oxygen atoms in total. The van der Waals surface area contributed by atoms with Gasteiger partial charge in [0.25, 0.3) is 6.01 Å². The first-order chi connectivity index (χ1) is 12.5. The van der Waals surface area contributed by atoms with E-state index >= 15 is 0 Å². The van der Waals surface area contributed by atoms with Crippen molar-refractivity contribution in [2.24, 2.45) is 0 Å². The Bertz CT molecular complexity index is 923. The molecule has 26 heavy (non-hydrogen) atoms. The van der Waals surface area contributed by atoms with Gasteiger partial charge in [0, 0.05) is 19.3 Å². The van der Waals surface area contributed by atoms with E-state index in [9.17, 15) is 8.76 Å². The number of pyridine rings is 1. The summed E-state index contributed by atoms with van der Waals surface area (Å²) in [7, 11) is -3.55. The molecule has 1 fully saturated rings. The summed E-state index contributed by atoms with van der Waals surface area (Å²) < 4.78 is 33.8. The molecule has 0 bridgehead atoms. The van der Waals surface area contributed by atoms with Crippen LogP contribution in [0.25, 0.3) is 11.2 Å². The van der Waals surface area contributed by atoms with Crippen molar-refractivity contribution in [3.63, 3.8) is 0 Å². The number of nitrogens with one attached hydrogen (secondary N) is 1. The lowest BCUT2D eigenvalue weighted by Crippen LogP contribution is -2.49. The second-order valence-corrected chi connectivity index (χ2v) is 8.26. The Labute approximate surface area is 152 Å². The lowest BCUT2D eigenvalue weighted by molar-refractivity contribution is 0.412. The molecule has 136 valence electrons. The Balaban J connectivity index is 1.49. The fraction of sp³-hybridized carbons (Fsp3) is 0.333. The lowest BCUT2D eigenvalue weighted by Gasteiger charge is -2.32. The number of benzene rings is 1. The van der Waals surface area contributed by atoms with Crippen molar-refractivity contribution in [2.45, 2.75) is 30.7 Å². The average Bonchev–Trinajstić information content (AvgIpc) is 3.06. The molecule has 3 aromatic rings. The molecule has 2 aromatic heterocycles. The van der Waals surface area contributed by atoms with Gasteiger partial charge >= 0.3 is 0 Å². The first-order valence-electron chi connectivity index (χ1n) is 8.57. The maximum atomic E-state index is 12.6. The van der Waals surface area contributed by atoms with Crippen molar-refractivity contribution in [3.05, 3.63) is 48.2 Å². The number of fused-ring (bicyclic) bond motifs is 1. The third-order valence-electron chi connectivity index (χ3n) is 4.50. The standard InChI is InChI=1S/C18H20N4O3S/c1-13-6-8-15(9-7-13)26(23,24)21-14-4-3-11-22(12-14)18-20-17-16(25-18)5-2-10-19-17/h2,5-10,14H,3-4,11-12H2,1H3,(H-,21,23,24). The molecule has 8 heteroatoms. The molecule has 1 aliphatic heterocycles. The molecule has 0 saturated carbocycles. The van der Waals surface area contributed by atoms with Crippen LogP contribution in [0, 0.1) is 6.92 Å². The van der Waals surface area contributed by atoms with Gasteiger partial charge in [0.2, 0.25) is 5.65 Å². The van der Waals surface area contributed by atoms with Gasteiger partial charge in [-0.15, -0.1) is 4.72 Å². The van der Waals surface area contributed by atoms with E-state index in [1.165, 1.54) is 0 Å². The topological polar surface area (TPSA) is 94.3 Å². The van der Waals surface area contributed by atoms with Crippen LogP contribution in [-0.2, 0) is 14.6 Å². The first kappa shape index (κ1) is 17.1. The molecule has 0 aliphatic carbocycles. The second kappa shape index (κ2) is 6.79. The Morgan fingerprint density at radius 1 is 1.31 bits per heavy atom. The highest BCUT2D eigenvalue weighted by Crippen LogP contribution is 2.24. The Morgan fingerprint density at radius 2 is 2.12 bits per heavy atom. The normalized spacial score (nSPS) is 20.2. The first-order valence-corrected chi connectivity index (χ1v) is 10.0. The van der Waals surface area contributed by atoms with Crippen LogP contribution in [0.5, 0.6) is 0 Å². The minimum atomic E-state index is -3.55. The maximum absolute atomic E-state index is 12.6. The van der Waals surface area contributed by atoms with Gasteiger partial charge in [-0.2, -0.15) is 4.98 Å². The zero-order valence-corrected chi connectivity index (χ0v) is 15.2. The predicted octanol–water partition coefficient (Wildman–Crippen LogP) is 2.69. The average molecular weight is 372 g/mol. The van der Waals surface area contributed by atoms with Crippen LogP contribution in [0.4, 0.5) is 6.01 Å². The monoisotopic (exact) mass is 372 g/mol. The summed E-state index contributed by atoms with van der Waals surface area (Å²) in [5.41, 5.74) is 2.21. The van der Waals surface area contributed by atoms with E-state index < -0.39 is 10.4 Å². The fourth-order valence-electron chi connectivity index (χ4n) is 3.14. The predicted molar refractivity (Wildman–Crippen MR) is 98.4 cm³/mol. The minimum Gasteiger partial charge on any atom is -0.593 e. The van der Waals surface area contributed by atoms with Crippen molar-refractivity contribution in [1.29, 1.82) is 0 Å². The van der Waals surface area contributed by atoms with E-state index in [0.29, 0.717) is 23.8 Å². The number of aryl methyl sites for hydroxylation is 1. The molecular formula is C18H20N4O3S. The zero-order chi connectivity index (χ0) is 18.1. The van der Waals surface area contributed by atoms with E-state index in [0.717, 1.165) is 24.9 Å². The number of oxazole rings is 1. The lowest BCUT2D eigenvalue weighted by atomic mass is 10.1. The molecular weight excluding hydrogens is 352 g/mol. The Kier molecular flexibility index (Phi) is 4.47. The number of hydrogen-bond acceptors (Lipinski definition) is 6. The largest absolute Gasteiger partial charge is 0.593 e.